The van der Waals surface area contributed by atoms with E-state index >= 15 is 0 Å². The molecule has 0 aliphatic carbocycles. The van der Waals surface area contributed by atoms with Crippen LogP contribution in [0.3, 0.4) is 0 Å². The highest BCUT2D eigenvalue weighted by molar-refractivity contribution is 5.86. The summed E-state index contributed by atoms with van der Waals surface area (Å²) in [6, 6.07) is 0. The first kappa shape index (κ1) is 17.9. The molecule has 0 saturated carbocycles. The molecule has 0 saturated heterocycles. The first-order chi connectivity index (χ1) is 8.64. The molecule has 0 aromatic heterocycles. The second kappa shape index (κ2) is 8.13. The summed E-state index contributed by atoms with van der Waals surface area (Å²) >= 11 is 0. The summed E-state index contributed by atoms with van der Waals surface area (Å²) in [6.07, 6.45) is 3.35. The maximum Gasteiger partial charge on any atom is 0.330 e. The molecule has 0 amide bonds. The van der Waals surface area contributed by atoms with E-state index in [0.29, 0.717) is 25.4 Å². The molecule has 0 bridgehead atoms. The van der Waals surface area contributed by atoms with Gasteiger partial charge in [0, 0.05) is 18.9 Å². The number of ketones is 1. The molecular weight excluding hydrogens is 240 g/mol. The minimum atomic E-state index is -0.365. The Morgan fingerprint density at radius 3 is 2.32 bits per heavy atom. The third-order valence-electron chi connectivity index (χ3n) is 2.66. The van der Waals surface area contributed by atoms with Gasteiger partial charge in [0.15, 0.2) is 0 Å². The monoisotopic (exact) mass is 268 g/mol. The Morgan fingerprint density at radius 1 is 1.26 bits per heavy atom. The predicted octanol–water partition coefficient (Wildman–Crippen LogP) is 3.92. The van der Waals surface area contributed by atoms with Gasteiger partial charge in [0.2, 0.25) is 0 Å². The number of hydrogen-bond donors (Lipinski definition) is 0. The Hall–Kier alpha value is -1.12. The van der Waals surface area contributed by atoms with Crippen LogP contribution >= 0.6 is 0 Å². The Labute approximate surface area is 117 Å². The molecule has 1 atom stereocenters. The molecule has 0 spiro atoms. The third-order valence-corrected chi connectivity index (χ3v) is 2.66. The quantitative estimate of drug-likeness (QED) is 0.519. The van der Waals surface area contributed by atoms with E-state index in [1.165, 1.54) is 6.08 Å². The number of allylic oxidation sites excluding steroid dienone is 1. The molecule has 3 nitrogen and oxygen atoms in total. The standard InChI is InChI=1S/C16H28O3/c1-7-19-15(18)10-12(2)8-14(17)9-13(3)11-16(4,5)6/h10,13H,7-9,11H2,1-6H3. The predicted molar refractivity (Wildman–Crippen MR) is 77.9 cm³/mol. The van der Waals surface area contributed by atoms with E-state index in [1.54, 1.807) is 13.8 Å². The van der Waals surface area contributed by atoms with Gasteiger partial charge in [-0.05, 0) is 31.6 Å². The number of esters is 1. The van der Waals surface area contributed by atoms with E-state index in [2.05, 4.69) is 27.7 Å². The van der Waals surface area contributed by atoms with Crippen molar-refractivity contribution >= 4 is 11.8 Å². The molecular formula is C16H28O3. The van der Waals surface area contributed by atoms with Crippen molar-refractivity contribution in [3.8, 4) is 0 Å². The maximum absolute atomic E-state index is 11.9. The highest BCUT2D eigenvalue weighted by atomic mass is 16.5. The van der Waals surface area contributed by atoms with Gasteiger partial charge in [0.05, 0.1) is 6.61 Å². The number of Topliss-reactive ketones (excluding diaryl/α,β-unsaturated/α-hetero) is 1. The van der Waals surface area contributed by atoms with Crippen LogP contribution in [0.25, 0.3) is 0 Å². The van der Waals surface area contributed by atoms with E-state index in [1.807, 2.05) is 0 Å². The lowest BCUT2D eigenvalue weighted by Gasteiger charge is -2.22. The highest BCUT2D eigenvalue weighted by Crippen LogP contribution is 2.26. The summed E-state index contributed by atoms with van der Waals surface area (Å²) < 4.78 is 4.81. The molecule has 0 fully saturated rings. The van der Waals surface area contributed by atoms with E-state index in [0.717, 1.165) is 12.0 Å². The van der Waals surface area contributed by atoms with Gasteiger partial charge >= 0.3 is 5.97 Å². The molecule has 0 heterocycles. The Kier molecular flexibility index (Phi) is 7.65. The van der Waals surface area contributed by atoms with Crippen LogP contribution in [0.4, 0.5) is 0 Å². The average Bonchev–Trinajstić information content (AvgIpc) is 2.12. The topological polar surface area (TPSA) is 43.4 Å². The SMILES string of the molecule is CCOC(=O)C=C(C)CC(=O)CC(C)CC(C)(C)C. The second-order valence-electron chi connectivity index (χ2n) is 6.53. The summed E-state index contributed by atoms with van der Waals surface area (Å²) in [7, 11) is 0. The molecule has 0 aromatic carbocycles. The normalized spacial score (nSPS) is 14.1. The summed E-state index contributed by atoms with van der Waals surface area (Å²) in [4.78, 5) is 23.1. The summed E-state index contributed by atoms with van der Waals surface area (Å²) in [5.74, 6) is 0.202. The van der Waals surface area contributed by atoms with Crippen molar-refractivity contribution in [1.29, 1.82) is 0 Å². The second-order valence-corrected chi connectivity index (χ2v) is 6.53. The van der Waals surface area contributed by atoms with E-state index in [4.69, 9.17) is 4.74 Å². The summed E-state index contributed by atoms with van der Waals surface area (Å²) in [5.41, 5.74) is 1.02. The van der Waals surface area contributed by atoms with Gasteiger partial charge in [0.1, 0.15) is 5.78 Å². The lowest BCUT2D eigenvalue weighted by molar-refractivity contribution is -0.137. The van der Waals surface area contributed by atoms with Crippen molar-refractivity contribution in [1.82, 2.24) is 0 Å². The van der Waals surface area contributed by atoms with E-state index in [-0.39, 0.29) is 17.2 Å². The number of carbonyl (C=O) groups is 2. The molecule has 0 N–H and O–H groups in total. The van der Waals surface area contributed by atoms with Gasteiger partial charge in [-0.25, -0.2) is 4.79 Å². The van der Waals surface area contributed by atoms with Crippen LogP contribution in [-0.4, -0.2) is 18.4 Å². The number of hydrogen-bond acceptors (Lipinski definition) is 3. The van der Waals surface area contributed by atoms with Crippen molar-refractivity contribution in [2.24, 2.45) is 11.3 Å². The van der Waals surface area contributed by atoms with Crippen LogP contribution in [0.1, 0.15) is 60.8 Å². The zero-order chi connectivity index (χ0) is 15.1. The van der Waals surface area contributed by atoms with Crippen molar-refractivity contribution in [2.45, 2.75) is 60.8 Å². The number of rotatable bonds is 7. The van der Waals surface area contributed by atoms with Crippen molar-refractivity contribution in [3.63, 3.8) is 0 Å². The fourth-order valence-electron chi connectivity index (χ4n) is 2.33. The van der Waals surface area contributed by atoms with E-state index in [9.17, 15) is 9.59 Å². The minimum absolute atomic E-state index is 0.190. The Balaban J connectivity index is 4.20. The van der Waals surface area contributed by atoms with Gasteiger partial charge in [-0.15, -0.1) is 0 Å². The van der Waals surface area contributed by atoms with Gasteiger partial charge in [-0.3, -0.25) is 4.79 Å². The molecule has 110 valence electrons. The van der Waals surface area contributed by atoms with Gasteiger partial charge in [-0.2, -0.15) is 0 Å². The molecule has 0 radical (unpaired) electrons. The van der Waals surface area contributed by atoms with E-state index < -0.39 is 0 Å². The zero-order valence-corrected chi connectivity index (χ0v) is 13.2. The fraction of sp³-hybridized carbons (Fsp3) is 0.750. The molecule has 3 heteroatoms. The fourth-order valence-corrected chi connectivity index (χ4v) is 2.33. The number of carbonyl (C=O) groups excluding carboxylic acids is 2. The lowest BCUT2D eigenvalue weighted by Crippen LogP contribution is -2.14. The molecule has 0 aliphatic rings. The lowest BCUT2D eigenvalue weighted by atomic mass is 9.83. The van der Waals surface area contributed by atoms with Crippen LogP contribution < -0.4 is 0 Å². The van der Waals surface area contributed by atoms with Gasteiger partial charge in [0.25, 0.3) is 0 Å². The van der Waals surface area contributed by atoms with Crippen LogP contribution in [0.2, 0.25) is 0 Å². The summed E-state index contributed by atoms with van der Waals surface area (Å²) in [5, 5.41) is 0. The first-order valence-corrected chi connectivity index (χ1v) is 6.99. The van der Waals surface area contributed by atoms with Crippen molar-refractivity contribution < 1.29 is 14.3 Å². The molecule has 0 rings (SSSR count). The maximum atomic E-state index is 11.9. The molecule has 19 heavy (non-hydrogen) atoms. The number of ether oxygens (including phenoxy) is 1. The van der Waals surface area contributed by atoms with Crippen LogP contribution in [-0.2, 0) is 14.3 Å². The largest absolute Gasteiger partial charge is 0.463 e. The molecule has 0 aromatic rings. The Bertz CT molecular complexity index is 334. The smallest absolute Gasteiger partial charge is 0.330 e. The summed E-state index contributed by atoms with van der Waals surface area (Å²) in [6.45, 7) is 12.6. The van der Waals surface area contributed by atoms with Gasteiger partial charge in [-0.1, -0.05) is 33.3 Å². The molecule has 1 unspecified atom stereocenters. The highest BCUT2D eigenvalue weighted by Gasteiger charge is 2.17. The van der Waals surface area contributed by atoms with Gasteiger partial charge < -0.3 is 4.74 Å². The third kappa shape index (κ3) is 10.5. The van der Waals surface area contributed by atoms with Crippen LogP contribution in [0, 0.1) is 11.3 Å². The van der Waals surface area contributed by atoms with Crippen LogP contribution in [0.15, 0.2) is 11.6 Å². The van der Waals surface area contributed by atoms with Crippen molar-refractivity contribution in [2.75, 3.05) is 6.61 Å². The average molecular weight is 268 g/mol. The minimum Gasteiger partial charge on any atom is -0.463 e. The van der Waals surface area contributed by atoms with Crippen LogP contribution in [0.5, 0.6) is 0 Å². The van der Waals surface area contributed by atoms with Crippen molar-refractivity contribution in [3.05, 3.63) is 11.6 Å². The molecule has 0 aliphatic heterocycles. The first-order valence-electron chi connectivity index (χ1n) is 6.99. The zero-order valence-electron chi connectivity index (χ0n) is 13.2. The Morgan fingerprint density at radius 2 is 1.84 bits per heavy atom.